The fraction of sp³-hybridized carbons (Fsp3) is 0.556. The standard InChI is InChI=1S/C18H21Cl2NO2/c19-15-4-3-13(17(20)10-15)9-14-7-8-21(18(14)23)16-5-1-12(11-22)2-6-16/h3-4,10-12,14,16H,1-2,5-9H2. The van der Waals surface area contributed by atoms with E-state index in [0.717, 1.165) is 50.5 Å². The van der Waals surface area contributed by atoms with Gasteiger partial charge in [-0.2, -0.15) is 0 Å². The maximum Gasteiger partial charge on any atom is 0.226 e. The number of benzene rings is 1. The van der Waals surface area contributed by atoms with Gasteiger partial charge in [0.1, 0.15) is 6.29 Å². The summed E-state index contributed by atoms with van der Waals surface area (Å²) in [6.45, 7) is 0.825. The minimum Gasteiger partial charge on any atom is -0.339 e. The summed E-state index contributed by atoms with van der Waals surface area (Å²) in [4.78, 5) is 25.6. The predicted molar refractivity (Wildman–Crippen MR) is 91.8 cm³/mol. The van der Waals surface area contributed by atoms with Crippen LogP contribution in [0.4, 0.5) is 0 Å². The highest BCUT2D eigenvalue weighted by molar-refractivity contribution is 6.35. The second kappa shape index (κ2) is 7.23. The van der Waals surface area contributed by atoms with Crippen molar-refractivity contribution in [2.45, 2.75) is 44.6 Å². The zero-order chi connectivity index (χ0) is 16.4. The minimum absolute atomic E-state index is 0.0115. The van der Waals surface area contributed by atoms with Crippen LogP contribution in [0.5, 0.6) is 0 Å². The predicted octanol–water partition coefficient (Wildman–Crippen LogP) is 4.14. The van der Waals surface area contributed by atoms with E-state index < -0.39 is 0 Å². The van der Waals surface area contributed by atoms with Crippen LogP contribution in [-0.4, -0.2) is 29.7 Å². The van der Waals surface area contributed by atoms with Gasteiger partial charge in [-0.3, -0.25) is 4.79 Å². The van der Waals surface area contributed by atoms with Crippen LogP contribution in [0.1, 0.15) is 37.7 Å². The highest BCUT2D eigenvalue weighted by atomic mass is 35.5. The molecule has 2 aliphatic rings. The van der Waals surface area contributed by atoms with E-state index in [1.165, 1.54) is 0 Å². The molecule has 1 amide bonds. The fourth-order valence-electron chi connectivity index (χ4n) is 3.82. The van der Waals surface area contributed by atoms with Gasteiger partial charge in [-0.15, -0.1) is 0 Å². The molecule has 1 aliphatic heterocycles. The van der Waals surface area contributed by atoms with Crippen LogP contribution in [0.2, 0.25) is 10.0 Å². The van der Waals surface area contributed by atoms with Crippen LogP contribution in [0.25, 0.3) is 0 Å². The number of carbonyl (C=O) groups is 2. The van der Waals surface area contributed by atoms with E-state index in [2.05, 4.69) is 0 Å². The summed E-state index contributed by atoms with van der Waals surface area (Å²) in [7, 11) is 0. The first kappa shape index (κ1) is 16.8. The summed E-state index contributed by atoms with van der Waals surface area (Å²) >= 11 is 12.2. The Morgan fingerprint density at radius 3 is 2.52 bits per heavy atom. The number of hydrogen-bond donors (Lipinski definition) is 0. The van der Waals surface area contributed by atoms with Crippen molar-refractivity contribution in [3.05, 3.63) is 33.8 Å². The van der Waals surface area contributed by atoms with Gasteiger partial charge in [0, 0.05) is 34.5 Å². The van der Waals surface area contributed by atoms with E-state index >= 15 is 0 Å². The van der Waals surface area contributed by atoms with Crippen molar-refractivity contribution in [2.24, 2.45) is 11.8 Å². The number of aldehydes is 1. The van der Waals surface area contributed by atoms with Crippen LogP contribution in [-0.2, 0) is 16.0 Å². The highest BCUT2D eigenvalue weighted by Crippen LogP contribution is 2.33. The molecule has 3 rings (SSSR count). The maximum atomic E-state index is 12.7. The van der Waals surface area contributed by atoms with E-state index in [9.17, 15) is 9.59 Å². The number of rotatable bonds is 4. The molecule has 1 aliphatic carbocycles. The molecule has 1 unspecified atom stereocenters. The third-order valence-electron chi connectivity index (χ3n) is 5.21. The molecule has 1 aromatic carbocycles. The molecule has 0 bridgehead atoms. The van der Waals surface area contributed by atoms with Crippen molar-refractivity contribution in [3.63, 3.8) is 0 Å². The van der Waals surface area contributed by atoms with Crippen molar-refractivity contribution in [2.75, 3.05) is 6.54 Å². The Balaban J connectivity index is 1.61. The van der Waals surface area contributed by atoms with E-state index in [4.69, 9.17) is 23.2 Å². The Kier molecular flexibility index (Phi) is 5.27. The van der Waals surface area contributed by atoms with Gasteiger partial charge in [-0.25, -0.2) is 0 Å². The number of carbonyl (C=O) groups excluding carboxylic acids is 2. The highest BCUT2D eigenvalue weighted by Gasteiger charge is 2.37. The molecule has 5 heteroatoms. The molecular formula is C18H21Cl2NO2. The molecule has 1 saturated carbocycles. The summed E-state index contributed by atoms with van der Waals surface area (Å²) in [6, 6.07) is 5.77. The molecule has 3 nitrogen and oxygen atoms in total. The first-order valence-electron chi connectivity index (χ1n) is 8.28. The maximum absolute atomic E-state index is 12.7. The number of halogens is 2. The molecule has 1 saturated heterocycles. The molecule has 2 fully saturated rings. The van der Waals surface area contributed by atoms with Gasteiger partial charge in [0.2, 0.25) is 5.91 Å². The average Bonchev–Trinajstić information content (AvgIpc) is 2.91. The molecular weight excluding hydrogens is 333 g/mol. The molecule has 0 radical (unpaired) electrons. The first-order valence-corrected chi connectivity index (χ1v) is 9.03. The number of hydrogen-bond acceptors (Lipinski definition) is 2. The smallest absolute Gasteiger partial charge is 0.226 e. The summed E-state index contributed by atoms with van der Waals surface area (Å²) in [5.41, 5.74) is 0.987. The lowest BCUT2D eigenvalue weighted by atomic mass is 9.86. The molecule has 124 valence electrons. The Hall–Kier alpha value is -1.06. The van der Waals surface area contributed by atoms with Crippen molar-refractivity contribution in [1.82, 2.24) is 4.90 Å². The third-order valence-corrected chi connectivity index (χ3v) is 5.79. The molecule has 23 heavy (non-hydrogen) atoms. The van der Waals surface area contributed by atoms with Crippen LogP contribution >= 0.6 is 23.2 Å². The lowest BCUT2D eigenvalue weighted by Crippen LogP contribution is -2.40. The second-order valence-corrected chi connectivity index (χ2v) is 7.51. The van der Waals surface area contributed by atoms with Gasteiger partial charge in [0.05, 0.1) is 0 Å². The van der Waals surface area contributed by atoms with Gasteiger partial charge in [-0.05, 0) is 56.2 Å². The summed E-state index contributed by atoms with van der Waals surface area (Å²) in [6.07, 6.45) is 6.33. The van der Waals surface area contributed by atoms with E-state index in [1.807, 2.05) is 17.0 Å². The molecule has 1 aromatic rings. The Labute approximate surface area is 146 Å². The summed E-state index contributed by atoms with van der Waals surface area (Å²) in [5.74, 6) is 0.440. The van der Waals surface area contributed by atoms with Gasteiger partial charge < -0.3 is 9.69 Å². The lowest BCUT2D eigenvalue weighted by Gasteiger charge is -2.33. The van der Waals surface area contributed by atoms with E-state index in [1.54, 1.807) is 6.07 Å². The fourth-order valence-corrected chi connectivity index (χ4v) is 4.30. The molecule has 0 spiro atoms. The van der Waals surface area contributed by atoms with Crippen molar-refractivity contribution in [3.8, 4) is 0 Å². The Morgan fingerprint density at radius 1 is 1.13 bits per heavy atom. The quantitative estimate of drug-likeness (QED) is 0.762. The van der Waals surface area contributed by atoms with Crippen LogP contribution in [0, 0.1) is 11.8 Å². The molecule has 1 heterocycles. The second-order valence-electron chi connectivity index (χ2n) is 6.66. The third kappa shape index (κ3) is 3.72. The number of amides is 1. The largest absolute Gasteiger partial charge is 0.339 e. The zero-order valence-corrected chi connectivity index (χ0v) is 14.5. The number of nitrogens with zero attached hydrogens (tertiary/aromatic N) is 1. The topological polar surface area (TPSA) is 37.4 Å². The molecule has 1 atom stereocenters. The zero-order valence-electron chi connectivity index (χ0n) is 13.0. The molecule has 0 N–H and O–H groups in total. The van der Waals surface area contributed by atoms with Crippen molar-refractivity contribution < 1.29 is 9.59 Å². The molecule has 0 aromatic heterocycles. The average molecular weight is 354 g/mol. The Bertz CT molecular complexity index is 597. The first-order chi connectivity index (χ1) is 11.1. The van der Waals surface area contributed by atoms with Crippen LogP contribution in [0.15, 0.2) is 18.2 Å². The number of likely N-dealkylation sites (tertiary alicyclic amines) is 1. The van der Waals surface area contributed by atoms with Gasteiger partial charge in [-0.1, -0.05) is 29.3 Å². The SMILES string of the molecule is O=CC1CCC(N2CCC(Cc3ccc(Cl)cc3Cl)C2=O)CC1. The summed E-state index contributed by atoms with van der Waals surface area (Å²) < 4.78 is 0. The van der Waals surface area contributed by atoms with Crippen molar-refractivity contribution >= 4 is 35.4 Å². The normalized spacial score (nSPS) is 28.2. The Morgan fingerprint density at radius 2 is 1.87 bits per heavy atom. The van der Waals surface area contributed by atoms with Crippen molar-refractivity contribution in [1.29, 1.82) is 0 Å². The van der Waals surface area contributed by atoms with E-state index in [0.29, 0.717) is 22.5 Å². The van der Waals surface area contributed by atoms with Crippen LogP contribution < -0.4 is 0 Å². The van der Waals surface area contributed by atoms with Gasteiger partial charge in [0.15, 0.2) is 0 Å². The van der Waals surface area contributed by atoms with E-state index in [-0.39, 0.29) is 17.7 Å². The monoisotopic (exact) mass is 353 g/mol. The van der Waals surface area contributed by atoms with Crippen LogP contribution in [0.3, 0.4) is 0 Å². The van der Waals surface area contributed by atoms with Gasteiger partial charge in [0.25, 0.3) is 0 Å². The van der Waals surface area contributed by atoms with Gasteiger partial charge >= 0.3 is 0 Å². The minimum atomic E-state index is 0.0115. The summed E-state index contributed by atoms with van der Waals surface area (Å²) in [5, 5.41) is 1.25. The lowest BCUT2D eigenvalue weighted by molar-refractivity contribution is -0.133.